The fourth-order valence-electron chi connectivity index (χ4n) is 4.81. The summed E-state index contributed by atoms with van der Waals surface area (Å²) in [6.45, 7) is 23.6. The summed E-state index contributed by atoms with van der Waals surface area (Å²) in [6.07, 6.45) is 0. The molecule has 0 fully saturated rings. The molecular weight excluding hydrogens is 547 g/mol. The second-order valence-corrected chi connectivity index (χ2v) is 18.3. The number of rotatable bonds is 5. The van der Waals surface area contributed by atoms with Crippen LogP contribution >= 0.6 is 0 Å². The van der Waals surface area contributed by atoms with Gasteiger partial charge in [-0.05, 0) is 37.9 Å². The topological polar surface area (TPSA) is 0 Å². The standard InChI is InChI=1S/C28H39Si2.3ClH.Ti/c1-18-14-25(16-26(15-18)30(8,9)10)29(28-13-11-12-19(2)20(28)3)17-27-23(6)21(4)22(5)24(27)7;;;;/h11-16,29H,17H2,1-10H3;3*1H;/q-1;;;;+4/p-3. The summed E-state index contributed by atoms with van der Waals surface area (Å²) in [5, 5.41) is 4.84. The molecule has 6 heteroatoms. The summed E-state index contributed by atoms with van der Waals surface area (Å²) in [5.41, 5.74) is 12.0. The van der Waals surface area contributed by atoms with Gasteiger partial charge >= 0.3 is 21.7 Å². The van der Waals surface area contributed by atoms with Crippen molar-refractivity contribution in [1.82, 2.24) is 0 Å². The van der Waals surface area contributed by atoms with Crippen LogP contribution in [0.1, 0.15) is 44.5 Å². The van der Waals surface area contributed by atoms with Crippen molar-refractivity contribution < 1.29 is 58.9 Å². The summed E-state index contributed by atoms with van der Waals surface area (Å²) in [4.78, 5) is 0. The van der Waals surface area contributed by atoms with E-state index < -0.39 is 16.9 Å². The third kappa shape index (κ3) is 7.42. The van der Waals surface area contributed by atoms with E-state index in [0.717, 1.165) is 0 Å². The van der Waals surface area contributed by atoms with Crippen molar-refractivity contribution in [1.29, 1.82) is 0 Å². The summed E-state index contributed by atoms with van der Waals surface area (Å²) in [5.74, 6) is 0. The maximum Gasteiger partial charge on any atom is 4.00 e. The largest absolute Gasteiger partial charge is 4.00 e. The molecule has 184 valence electrons. The Morgan fingerprint density at radius 1 is 0.794 bits per heavy atom. The molecule has 0 spiro atoms. The molecule has 34 heavy (non-hydrogen) atoms. The van der Waals surface area contributed by atoms with Gasteiger partial charge in [0.25, 0.3) is 0 Å². The molecule has 0 aliphatic carbocycles. The third-order valence-corrected chi connectivity index (χ3v) is 12.7. The van der Waals surface area contributed by atoms with Crippen molar-refractivity contribution in [3.05, 3.63) is 80.9 Å². The Balaban J connectivity index is 0. The van der Waals surface area contributed by atoms with Crippen LogP contribution in [0.5, 0.6) is 0 Å². The zero-order chi connectivity index (χ0) is 22.4. The van der Waals surface area contributed by atoms with Crippen molar-refractivity contribution in [2.45, 2.75) is 74.2 Å². The summed E-state index contributed by atoms with van der Waals surface area (Å²) in [6, 6.07) is 15.7. The van der Waals surface area contributed by atoms with E-state index in [1.54, 1.807) is 21.1 Å². The molecule has 0 radical (unpaired) electrons. The van der Waals surface area contributed by atoms with Gasteiger partial charge in [0, 0.05) is 0 Å². The first-order valence-corrected chi connectivity index (χ1v) is 16.8. The van der Waals surface area contributed by atoms with Crippen molar-refractivity contribution in [3.8, 4) is 0 Å². The average molecular weight is 586 g/mol. The van der Waals surface area contributed by atoms with Gasteiger partial charge in [-0.15, -0.1) is 0 Å². The maximum absolute atomic E-state index is 2.59. The van der Waals surface area contributed by atoms with E-state index in [-0.39, 0.29) is 58.9 Å². The van der Waals surface area contributed by atoms with Crippen LogP contribution in [-0.2, 0) is 27.8 Å². The van der Waals surface area contributed by atoms with Gasteiger partial charge in [0.2, 0.25) is 0 Å². The molecule has 0 aliphatic heterocycles. The van der Waals surface area contributed by atoms with Crippen LogP contribution in [0.4, 0.5) is 0 Å². The molecule has 0 aromatic heterocycles. The summed E-state index contributed by atoms with van der Waals surface area (Å²) >= 11 is 0. The van der Waals surface area contributed by atoms with E-state index in [1.165, 1.54) is 45.0 Å². The van der Waals surface area contributed by atoms with E-state index in [1.807, 2.05) is 0 Å². The second kappa shape index (κ2) is 13.9. The fraction of sp³-hybridized carbons (Fsp3) is 0.393. The van der Waals surface area contributed by atoms with Gasteiger partial charge in [-0.1, -0.05) is 105 Å². The SMILES string of the molecule is Cc1cc([SiH](Cc2c(C)c(C)c(C)[c-]2C)c2cccc(C)c2C)cc([Si](C)(C)C)c1.[Cl-].[Cl-].[Cl-].[Ti+4]. The second-order valence-electron chi connectivity index (χ2n) is 10.4. The van der Waals surface area contributed by atoms with Gasteiger partial charge in [-0.25, -0.2) is 0 Å². The number of benzene rings is 2. The van der Waals surface area contributed by atoms with Gasteiger partial charge in [0.1, 0.15) is 8.80 Å². The monoisotopic (exact) mass is 584 g/mol. The maximum atomic E-state index is 2.59. The van der Waals surface area contributed by atoms with Crippen molar-refractivity contribution in [2.75, 3.05) is 0 Å². The number of hydrogen-bond donors (Lipinski definition) is 0. The summed E-state index contributed by atoms with van der Waals surface area (Å²) in [7, 11) is -2.78. The van der Waals surface area contributed by atoms with E-state index >= 15 is 0 Å². The molecule has 0 amide bonds. The summed E-state index contributed by atoms with van der Waals surface area (Å²) < 4.78 is 0. The van der Waals surface area contributed by atoms with Crippen molar-refractivity contribution >= 4 is 32.4 Å². The molecule has 0 heterocycles. The molecule has 0 saturated heterocycles. The van der Waals surface area contributed by atoms with Crippen molar-refractivity contribution in [2.24, 2.45) is 0 Å². The van der Waals surface area contributed by atoms with Gasteiger partial charge < -0.3 is 37.2 Å². The molecular formula is C28H39Cl3Si2Ti. The van der Waals surface area contributed by atoms with Crippen LogP contribution in [0.3, 0.4) is 0 Å². The molecule has 1 unspecified atom stereocenters. The molecule has 0 N–H and O–H groups in total. The normalized spacial score (nSPS) is 11.5. The minimum Gasteiger partial charge on any atom is -1.00 e. The molecule has 0 saturated carbocycles. The van der Waals surface area contributed by atoms with Gasteiger partial charge in [-0.2, -0.15) is 27.8 Å². The van der Waals surface area contributed by atoms with Crippen LogP contribution in [0.25, 0.3) is 0 Å². The van der Waals surface area contributed by atoms with E-state index in [2.05, 4.69) is 105 Å². The number of hydrogen-bond acceptors (Lipinski definition) is 0. The molecule has 3 rings (SSSR count). The van der Waals surface area contributed by atoms with E-state index in [0.29, 0.717) is 0 Å². The Morgan fingerprint density at radius 3 is 1.88 bits per heavy atom. The molecule has 3 aromatic rings. The van der Waals surface area contributed by atoms with Gasteiger partial charge in [0.05, 0.1) is 8.07 Å². The van der Waals surface area contributed by atoms with Crippen LogP contribution in [0.2, 0.25) is 19.6 Å². The molecule has 0 nitrogen and oxygen atoms in total. The number of halogens is 3. The molecule has 1 atom stereocenters. The van der Waals surface area contributed by atoms with E-state index in [9.17, 15) is 0 Å². The quantitative estimate of drug-likeness (QED) is 0.213. The number of aryl methyl sites for hydroxylation is 2. The molecule has 0 aliphatic rings. The Labute approximate surface area is 244 Å². The minimum atomic E-state index is -1.41. The zero-order valence-corrected chi connectivity index (χ0v) is 28.4. The molecule has 3 aromatic carbocycles. The minimum absolute atomic E-state index is 0. The van der Waals surface area contributed by atoms with Gasteiger partial charge in [-0.3, -0.25) is 0 Å². The predicted octanol–water partition coefficient (Wildman–Crippen LogP) is -3.76. The van der Waals surface area contributed by atoms with Crippen LogP contribution in [0.15, 0.2) is 36.4 Å². The Bertz CT molecular complexity index is 1070. The third-order valence-electron chi connectivity index (χ3n) is 7.39. The zero-order valence-electron chi connectivity index (χ0n) is 22.4. The first-order valence-electron chi connectivity index (χ1n) is 11.3. The molecule has 0 bridgehead atoms. The Morgan fingerprint density at radius 2 is 1.38 bits per heavy atom. The van der Waals surface area contributed by atoms with Crippen molar-refractivity contribution in [3.63, 3.8) is 0 Å². The fourth-order valence-corrected chi connectivity index (χ4v) is 10.0. The average Bonchev–Trinajstić information content (AvgIpc) is 2.84. The van der Waals surface area contributed by atoms with E-state index in [4.69, 9.17) is 0 Å². The predicted molar refractivity (Wildman–Crippen MR) is 141 cm³/mol. The van der Waals surface area contributed by atoms with Crippen LogP contribution < -0.4 is 52.8 Å². The Kier molecular flexibility index (Phi) is 14.7. The Hall–Kier alpha value is -0.192. The van der Waals surface area contributed by atoms with Gasteiger partial charge in [0.15, 0.2) is 0 Å². The first kappa shape index (κ1) is 36.0. The van der Waals surface area contributed by atoms with Crippen LogP contribution in [-0.4, -0.2) is 16.9 Å². The smallest absolute Gasteiger partial charge is 1.00 e. The van der Waals surface area contributed by atoms with Crippen LogP contribution in [0, 0.1) is 48.5 Å². The first-order chi connectivity index (χ1) is 13.9.